The number of hydrogen-bond donors (Lipinski definition) is 2. The van der Waals surface area contributed by atoms with Crippen LogP contribution in [0.15, 0.2) is 66.7 Å². The summed E-state index contributed by atoms with van der Waals surface area (Å²) in [7, 11) is 3.17. The first-order valence-electron chi connectivity index (χ1n) is 9.62. The van der Waals surface area contributed by atoms with Gasteiger partial charge < -0.3 is 24.8 Å². The van der Waals surface area contributed by atoms with Crippen molar-refractivity contribution in [3.8, 4) is 17.2 Å². The van der Waals surface area contributed by atoms with Gasteiger partial charge in [-0.15, -0.1) is 0 Å². The van der Waals surface area contributed by atoms with Gasteiger partial charge in [-0.05, 0) is 48.4 Å². The molecule has 0 heterocycles. The van der Waals surface area contributed by atoms with Crippen LogP contribution in [0.5, 0.6) is 17.2 Å². The van der Waals surface area contributed by atoms with Crippen molar-refractivity contribution in [2.45, 2.75) is 13.5 Å². The fraction of sp³-hybridized carbons (Fsp3) is 0.208. The molecule has 3 aromatic rings. The van der Waals surface area contributed by atoms with Crippen LogP contribution in [-0.4, -0.2) is 26.7 Å². The number of anilines is 2. The Hall–Kier alpha value is -3.67. The number of methoxy groups -OCH3 is 2. The predicted octanol–water partition coefficient (Wildman–Crippen LogP) is 4.64. The van der Waals surface area contributed by atoms with Crippen LogP contribution < -0.4 is 24.8 Å². The molecule has 0 aromatic heterocycles. The maximum Gasteiger partial charge on any atom is 0.243 e. The zero-order chi connectivity index (χ0) is 21.3. The van der Waals surface area contributed by atoms with Crippen molar-refractivity contribution in [3.05, 3.63) is 77.9 Å². The smallest absolute Gasteiger partial charge is 0.243 e. The normalized spacial score (nSPS) is 10.2. The van der Waals surface area contributed by atoms with Gasteiger partial charge >= 0.3 is 0 Å². The third-order valence-corrected chi connectivity index (χ3v) is 4.56. The minimum atomic E-state index is -0.151. The second-order valence-electron chi connectivity index (χ2n) is 6.72. The number of benzene rings is 3. The summed E-state index contributed by atoms with van der Waals surface area (Å²) in [5.74, 6) is 1.86. The lowest BCUT2D eigenvalue weighted by atomic mass is 10.1. The van der Waals surface area contributed by atoms with E-state index >= 15 is 0 Å². The summed E-state index contributed by atoms with van der Waals surface area (Å²) in [6.07, 6.45) is 0. The summed E-state index contributed by atoms with van der Waals surface area (Å²) in [6.45, 7) is 2.57. The van der Waals surface area contributed by atoms with Gasteiger partial charge in [0.2, 0.25) is 5.91 Å². The first-order chi connectivity index (χ1) is 14.6. The number of ether oxygens (including phenoxy) is 3. The number of amides is 1. The lowest BCUT2D eigenvalue weighted by Crippen LogP contribution is -2.22. The highest BCUT2D eigenvalue weighted by molar-refractivity contribution is 5.93. The van der Waals surface area contributed by atoms with E-state index in [9.17, 15) is 4.79 Å². The lowest BCUT2D eigenvalue weighted by Gasteiger charge is -2.14. The van der Waals surface area contributed by atoms with E-state index in [1.165, 1.54) is 0 Å². The quantitative estimate of drug-likeness (QED) is 0.542. The summed E-state index contributed by atoms with van der Waals surface area (Å²) >= 11 is 0. The SMILES string of the molecule is COc1cc(C)c(NCC(=O)Nc2ccc(OCc3ccccc3)cc2)cc1OC. The molecule has 3 rings (SSSR count). The zero-order valence-corrected chi connectivity index (χ0v) is 17.4. The minimum Gasteiger partial charge on any atom is -0.493 e. The third kappa shape index (κ3) is 5.67. The zero-order valence-electron chi connectivity index (χ0n) is 17.4. The highest BCUT2D eigenvalue weighted by atomic mass is 16.5. The molecule has 1 amide bonds. The number of rotatable bonds is 9. The van der Waals surface area contributed by atoms with Gasteiger partial charge in [0.25, 0.3) is 0 Å². The number of carbonyl (C=O) groups excluding carboxylic acids is 1. The molecule has 30 heavy (non-hydrogen) atoms. The van der Waals surface area contributed by atoms with E-state index in [0.29, 0.717) is 23.8 Å². The van der Waals surface area contributed by atoms with Gasteiger partial charge in [0.1, 0.15) is 12.4 Å². The van der Waals surface area contributed by atoms with E-state index in [4.69, 9.17) is 14.2 Å². The van der Waals surface area contributed by atoms with Crippen molar-refractivity contribution in [3.63, 3.8) is 0 Å². The molecule has 6 heteroatoms. The number of aryl methyl sites for hydroxylation is 1. The Bertz CT molecular complexity index is 973. The predicted molar refractivity (Wildman–Crippen MR) is 119 cm³/mol. The van der Waals surface area contributed by atoms with Crippen LogP contribution in [-0.2, 0) is 11.4 Å². The third-order valence-electron chi connectivity index (χ3n) is 4.56. The largest absolute Gasteiger partial charge is 0.493 e. The second-order valence-corrected chi connectivity index (χ2v) is 6.72. The minimum absolute atomic E-state index is 0.128. The van der Waals surface area contributed by atoms with E-state index in [0.717, 1.165) is 22.6 Å². The molecule has 0 saturated heterocycles. The monoisotopic (exact) mass is 406 g/mol. The maximum absolute atomic E-state index is 12.3. The van der Waals surface area contributed by atoms with Gasteiger partial charge in [-0.3, -0.25) is 4.79 Å². The molecule has 0 aliphatic carbocycles. The van der Waals surface area contributed by atoms with Crippen LogP contribution >= 0.6 is 0 Å². The van der Waals surface area contributed by atoms with Crippen LogP contribution in [0, 0.1) is 6.92 Å². The average Bonchev–Trinajstić information content (AvgIpc) is 2.78. The molecule has 0 spiro atoms. The van der Waals surface area contributed by atoms with Gasteiger partial charge in [-0.25, -0.2) is 0 Å². The Labute approximate surface area is 176 Å². The van der Waals surface area contributed by atoms with Gasteiger partial charge in [0, 0.05) is 17.4 Å². The first kappa shape index (κ1) is 21.0. The molecule has 0 bridgehead atoms. The number of hydrogen-bond acceptors (Lipinski definition) is 5. The molecule has 0 radical (unpaired) electrons. The molecule has 0 aliphatic rings. The fourth-order valence-corrected chi connectivity index (χ4v) is 2.93. The molecule has 0 aliphatic heterocycles. The van der Waals surface area contributed by atoms with Crippen molar-refractivity contribution in [2.75, 3.05) is 31.4 Å². The Morgan fingerprint density at radius 3 is 2.23 bits per heavy atom. The van der Waals surface area contributed by atoms with Crippen molar-refractivity contribution < 1.29 is 19.0 Å². The summed E-state index contributed by atoms with van der Waals surface area (Å²) in [6, 6.07) is 21.0. The van der Waals surface area contributed by atoms with Crippen LogP contribution in [0.2, 0.25) is 0 Å². The molecule has 2 N–H and O–H groups in total. The molecule has 156 valence electrons. The van der Waals surface area contributed by atoms with E-state index in [1.807, 2.05) is 73.7 Å². The molecule has 6 nitrogen and oxygen atoms in total. The second kappa shape index (κ2) is 10.2. The molecular weight excluding hydrogens is 380 g/mol. The molecular formula is C24H26N2O4. The molecule has 0 unspecified atom stereocenters. The Balaban J connectivity index is 1.51. The van der Waals surface area contributed by atoms with Gasteiger partial charge in [0.05, 0.1) is 20.8 Å². The van der Waals surface area contributed by atoms with Crippen molar-refractivity contribution in [1.29, 1.82) is 0 Å². The fourth-order valence-electron chi connectivity index (χ4n) is 2.93. The van der Waals surface area contributed by atoms with Gasteiger partial charge in [0.15, 0.2) is 11.5 Å². The van der Waals surface area contributed by atoms with Gasteiger partial charge in [-0.1, -0.05) is 30.3 Å². The first-order valence-corrected chi connectivity index (χ1v) is 9.62. The Morgan fingerprint density at radius 2 is 1.57 bits per heavy atom. The summed E-state index contributed by atoms with van der Waals surface area (Å²) < 4.78 is 16.4. The Kier molecular flexibility index (Phi) is 7.16. The summed E-state index contributed by atoms with van der Waals surface area (Å²) in [4.78, 5) is 12.3. The molecule has 0 saturated carbocycles. The van der Waals surface area contributed by atoms with Gasteiger partial charge in [-0.2, -0.15) is 0 Å². The van der Waals surface area contributed by atoms with Crippen molar-refractivity contribution >= 4 is 17.3 Å². The highest BCUT2D eigenvalue weighted by Crippen LogP contribution is 2.32. The highest BCUT2D eigenvalue weighted by Gasteiger charge is 2.10. The Morgan fingerprint density at radius 1 is 0.900 bits per heavy atom. The number of carbonyl (C=O) groups is 1. The summed E-state index contributed by atoms with van der Waals surface area (Å²) in [5.41, 5.74) is 3.58. The van der Waals surface area contributed by atoms with Crippen molar-refractivity contribution in [2.24, 2.45) is 0 Å². The average molecular weight is 406 g/mol. The van der Waals surface area contributed by atoms with E-state index < -0.39 is 0 Å². The molecule has 3 aromatic carbocycles. The maximum atomic E-state index is 12.3. The van der Waals surface area contributed by atoms with Crippen LogP contribution in [0.1, 0.15) is 11.1 Å². The van der Waals surface area contributed by atoms with Crippen LogP contribution in [0.4, 0.5) is 11.4 Å². The lowest BCUT2D eigenvalue weighted by molar-refractivity contribution is -0.114. The van der Waals surface area contributed by atoms with Crippen LogP contribution in [0.25, 0.3) is 0 Å². The topological polar surface area (TPSA) is 68.8 Å². The molecule has 0 atom stereocenters. The van der Waals surface area contributed by atoms with Crippen molar-refractivity contribution in [1.82, 2.24) is 0 Å². The van der Waals surface area contributed by atoms with E-state index in [1.54, 1.807) is 14.2 Å². The molecule has 0 fully saturated rings. The summed E-state index contributed by atoms with van der Waals surface area (Å²) in [5, 5.41) is 6.01. The van der Waals surface area contributed by atoms with E-state index in [-0.39, 0.29) is 12.5 Å². The van der Waals surface area contributed by atoms with Crippen LogP contribution in [0.3, 0.4) is 0 Å². The standard InChI is InChI=1S/C24H26N2O4/c1-17-13-22(28-2)23(29-3)14-21(17)25-15-24(27)26-19-9-11-20(12-10-19)30-16-18-7-5-4-6-8-18/h4-14,25H,15-16H2,1-3H3,(H,26,27). The van der Waals surface area contributed by atoms with E-state index in [2.05, 4.69) is 10.6 Å². The number of nitrogens with one attached hydrogen (secondary N) is 2.